The first kappa shape index (κ1) is 14.8. The van der Waals surface area contributed by atoms with Gasteiger partial charge in [0.05, 0.1) is 21.4 Å². The number of nitrogen functional groups attached to an aromatic ring is 1. The lowest BCUT2D eigenvalue weighted by Gasteiger charge is -2.11. The van der Waals surface area contributed by atoms with Gasteiger partial charge in [-0.15, -0.1) is 0 Å². The maximum atomic E-state index is 12.3. The standard InChI is InChI=1S/C14H15Cl2N3O/c1-2-6-19-8-9(17)7-12(19)14(20)18-13-10(15)4-3-5-11(13)16/h3-5,7-8H,2,6,17H2,1H3,(H,18,20). The molecule has 2 rings (SSSR count). The second-order valence-electron chi connectivity index (χ2n) is 4.40. The average molecular weight is 312 g/mol. The highest BCUT2D eigenvalue weighted by Crippen LogP contribution is 2.30. The van der Waals surface area contributed by atoms with Crippen LogP contribution in [0.2, 0.25) is 10.0 Å². The van der Waals surface area contributed by atoms with Crippen LogP contribution in [-0.4, -0.2) is 10.5 Å². The summed E-state index contributed by atoms with van der Waals surface area (Å²) >= 11 is 12.1. The lowest BCUT2D eigenvalue weighted by molar-refractivity contribution is 0.101. The molecule has 0 aliphatic carbocycles. The van der Waals surface area contributed by atoms with Crippen LogP contribution in [-0.2, 0) is 6.54 Å². The average Bonchev–Trinajstić information content (AvgIpc) is 2.75. The molecule has 1 aromatic carbocycles. The molecule has 20 heavy (non-hydrogen) atoms. The van der Waals surface area contributed by atoms with Crippen molar-refractivity contribution in [1.29, 1.82) is 0 Å². The number of nitrogens with two attached hydrogens (primary N) is 1. The van der Waals surface area contributed by atoms with Crippen LogP contribution in [0.1, 0.15) is 23.8 Å². The summed E-state index contributed by atoms with van der Waals surface area (Å²) in [5, 5.41) is 3.52. The molecule has 0 aliphatic heterocycles. The van der Waals surface area contributed by atoms with Gasteiger partial charge in [0.25, 0.3) is 5.91 Å². The van der Waals surface area contributed by atoms with Crippen molar-refractivity contribution < 1.29 is 4.79 Å². The van der Waals surface area contributed by atoms with Crippen LogP contribution in [0.15, 0.2) is 30.5 Å². The monoisotopic (exact) mass is 311 g/mol. The largest absolute Gasteiger partial charge is 0.397 e. The van der Waals surface area contributed by atoms with Crippen LogP contribution < -0.4 is 11.1 Å². The van der Waals surface area contributed by atoms with Crippen molar-refractivity contribution in [3.63, 3.8) is 0 Å². The zero-order valence-corrected chi connectivity index (χ0v) is 12.5. The topological polar surface area (TPSA) is 60.0 Å². The summed E-state index contributed by atoms with van der Waals surface area (Å²) in [6.07, 6.45) is 2.65. The quantitative estimate of drug-likeness (QED) is 0.895. The summed E-state index contributed by atoms with van der Waals surface area (Å²) in [4.78, 5) is 12.3. The Morgan fingerprint density at radius 1 is 1.35 bits per heavy atom. The molecule has 0 unspecified atom stereocenters. The van der Waals surface area contributed by atoms with Gasteiger partial charge in [-0.3, -0.25) is 4.79 Å². The fraction of sp³-hybridized carbons (Fsp3) is 0.214. The third-order valence-corrected chi connectivity index (χ3v) is 3.45. The Kier molecular flexibility index (Phi) is 4.57. The molecule has 1 aromatic heterocycles. The number of carbonyl (C=O) groups is 1. The number of para-hydroxylation sites is 1. The maximum Gasteiger partial charge on any atom is 0.272 e. The van der Waals surface area contributed by atoms with Crippen molar-refractivity contribution in [3.05, 3.63) is 46.2 Å². The van der Waals surface area contributed by atoms with Crippen LogP contribution >= 0.6 is 23.2 Å². The fourth-order valence-corrected chi connectivity index (χ4v) is 2.44. The maximum absolute atomic E-state index is 12.3. The van der Waals surface area contributed by atoms with Crippen molar-refractivity contribution >= 4 is 40.5 Å². The number of aryl methyl sites for hydroxylation is 1. The smallest absolute Gasteiger partial charge is 0.272 e. The van der Waals surface area contributed by atoms with Crippen LogP contribution in [0.4, 0.5) is 11.4 Å². The second kappa shape index (κ2) is 6.20. The number of carbonyl (C=O) groups excluding carboxylic acids is 1. The van der Waals surface area contributed by atoms with E-state index >= 15 is 0 Å². The molecule has 0 spiro atoms. The predicted octanol–water partition coefficient (Wildman–Crippen LogP) is 4.04. The molecule has 2 aromatic rings. The van der Waals surface area contributed by atoms with Gasteiger partial charge in [-0.1, -0.05) is 36.2 Å². The van der Waals surface area contributed by atoms with E-state index in [0.29, 0.717) is 27.1 Å². The predicted molar refractivity (Wildman–Crippen MR) is 83.6 cm³/mol. The number of amides is 1. The summed E-state index contributed by atoms with van der Waals surface area (Å²) in [6.45, 7) is 2.75. The Bertz CT molecular complexity index is 617. The third kappa shape index (κ3) is 3.08. The van der Waals surface area contributed by atoms with Gasteiger partial charge in [0.15, 0.2) is 0 Å². The van der Waals surface area contributed by atoms with Gasteiger partial charge in [0, 0.05) is 12.7 Å². The lowest BCUT2D eigenvalue weighted by atomic mass is 10.3. The highest BCUT2D eigenvalue weighted by molar-refractivity contribution is 6.40. The second-order valence-corrected chi connectivity index (χ2v) is 5.22. The first-order valence-corrected chi connectivity index (χ1v) is 6.99. The summed E-state index contributed by atoms with van der Waals surface area (Å²) in [5.74, 6) is -0.287. The zero-order chi connectivity index (χ0) is 14.7. The molecule has 0 saturated heterocycles. The first-order chi connectivity index (χ1) is 9.52. The Hall–Kier alpha value is -1.65. The number of aromatic nitrogens is 1. The first-order valence-electron chi connectivity index (χ1n) is 6.24. The van der Waals surface area contributed by atoms with Gasteiger partial charge in [-0.05, 0) is 24.6 Å². The van der Waals surface area contributed by atoms with Crippen LogP contribution in [0, 0.1) is 0 Å². The number of benzene rings is 1. The van der Waals surface area contributed by atoms with E-state index in [1.807, 2.05) is 11.5 Å². The molecule has 0 bridgehead atoms. The van der Waals surface area contributed by atoms with E-state index in [4.69, 9.17) is 28.9 Å². The van der Waals surface area contributed by atoms with Crippen molar-refractivity contribution in [3.8, 4) is 0 Å². The van der Waals surface area contributed by atoms with E-state index in [1.54, 1.807) is 30.5 Å². The van der Waals surface area contributed by atoms with E-state index in [1.165, 1.54) is 0 Å². The summed E-state index contributed by atoms with van der Waals surface area (Å²) in [7, 11) is 0. The molecule has 1 heterocycles. The number of halogens is 2. The van der Waals surface area contributed by atoms with Crippen LogP contribution in [0.3, 0.4) is 0 Å². The van der Waals surface area contributed by atoms with E-state index in [9.17, 15) is 4.79 Å². The minimum Gasteiger partial charge on any atom is -0.397 e. The highest BCUT2D eigenvalue weighted by atomic mass is 35.5. The molecule has 4 nitrogen and oxygen atoms in total. The Balaban J connectivity index is 2.28. The molecule has 0 radical (unpaired) electrons. The zero-order valence-electron chi connectivity index (χ0n) is 11.0. The number of rotatable bonds is 4. The van der Waals surface area contributed by atoms with Gasteiger partial charge in [-0.25, -0.2) is 0 Å². The van der Waals surface area contributed by atoms with E-state index in [0.717, 1.165) is 13.0 Å². The normalized spacial score (nSPS) is 10.6. The molecular weight excluding hydrogens is 297 g/mol. The molecule has 106 valence electrons. The Morgan fingerprint density at radius 3 is 2.60 bits per heavy atom. The Morgan fingerprint density at radius 2 is 2.00 bits per heavy atom. The van der Waals surface area contributed by atoms with E-state index < -0.39 is 0 Å². The molecule has 0 atom stereocenters. The minimum absolute atomic E-state index is 0.287. The van der Waals surface area contributed by atoms with Crippen molar-refractivity contribution in [2.24, 2.45) is 0 Å². The fourth-order valence-electron chi connectivity index (χ4n) is 1.94. The Labute approximate surface area is 127 Å². The van der Waals surface area contributed by atoms with Crippen molar-refractivity contribution in [1.82, 2.24) is 4.57 Å². The van der Waals surface area contributed by atoms with Crippen molar-refractivity contribution in [2.75, 3.05) is 11.1 Å². The molecule has 6 heteroatoms. The van der Waals surface area contributed by atoms with Crippen molar-refractivity contribution in [2.45, 2.75) is 19.9 Å². The molecule has 0 saturated carbocycles. The third-order valence-electron chi connectivity index (χ3n) is 2.82. The molecule has 0 aliphatic rings. The number of anilines is 2. The van der Waals surface area contributed by atoms with Gasteiger partial charge < -0.3 is 15.6 Å². The lowest BCUT2D eigenvalue weighted by Crippen LogP contribution is -2.17. The highest BCUT2D eigenvalue weighted by Gasteiger charge is 2.15. The summed E-state index contributed by atoms with van der Waals surface area (Å²) < 4.78 is 1.81. The van der Waals surface area contributed by atoms with Crippen LogP contribution in [0.5, 0.6) is 0 Å². The van der Waals surface area contributed by atoms with Gasteiger partial charge >= 0.3 is 0 Å². The van der Waals surface area contributed by atoms with Gasteiger partial charge in [0.2, 0.25) is 0 Å². The van der Waals surface area contributed by atoms with Crippen LogP contribution in [0.25, 0.3) is 0 Å². The number of nitrogens with one attached hydrogen (secondary N) is 1. The molecule has 0 fully saturated rings. The summed E-state index contributed by atoms with van der Waals surface area (Å²) in [5.41, 5.74) is 7.19. The number of nitrogens with zero attached hydrogens (tertiary/aromatic N) is 1. The van der Waals surface area contributed by atoms with E-state index in [-0.39, 0.29) is 5.91 Å². The SMILES string of the molecule is CCCn1cc(N)cc1C(=O)Nc1c(Cl)cccc1Cl. The molecule has 3 N–H and O–H groups in total. The van der Waals surface area contributed by atoms with Gasteiger partial charge in [-0.2, -0.15) is 0 Å². The minimum atomic E-state index is -0.287. The summed E-state index contributed by atoms with van der Waals surface area (Å²) in [6, 6.07) is 6.69. The number of hydrogen-bond donors (Lipinski definition) is 2. The van der Waals surface area contributed by atoms with E-state index in [2.05, 4.69) is 5.32 Å². The molecule has 1 amide bonds. The number of hydrogen-bond acceptors (Lipinski definition) is 2. The van der Waals surface area contributed by atoms with Gasteiger partial charge in [0.1, 0.15) is 5.69 Å². The molecular formula is C14H15Cl2N3O.